The first-order valence-corrected chi connectivity index (χ1v) is 10.2. The number of aromatic nitrogens is 1. The highest BCUT2D eigenvalue weighted by Crippen LogP contribution is 2.16. The molecule has 2 aromatic rings. The fourth-order valence-corrected chi connectivity index (χ4v) is 3.55. The molecule has 0 bridgehead atoms. The third-order valence-corrected chi connectivity index (χ3v) is 5.20. The average Bonchev–Trinajstić information content (AvgIpc) is 3.01. The second-order valence-electron chi connectivity index (χ2n) is 7.65. The van der Waals surface area contributed by atoms with E-state index >= 15 is 0 Å². The zero-order valence-corrected chi connectivity index (χ0v) is 16.8. The number of carbonyl (C=O) groups is 2. The molecule has 0 aliphatic carbocycles. The Kier molecular flexibility index (Phi) is 6.80. The van der Waals surface area contributed by atoms with Crippen LogP contribution in [0.3, 0.4) is 0 Å². The van der Waals surface area contributed by atoms with Crippen LogP contribution >= 0.6 is 0 Å². The number of likely N-dealkylation sites (tertiary alicyclic amines) is 1. The van der Waals surface area contributed by atoms with Crippen molar-refractivity contribution in [1.29, 1.82) is 0 Å². The number of rotatable bonds is 5. The maximum absolute atomic E-state index is 13.2. The molecule has 1 aromatic heterocycles. The summed E-state index contributed by atoms with van der Waals surface area (Å²) >= 11 is 0. The molecule has 0 saturated carbocycles. The van der Waals surface area contributed by atoms with Crippen LogP contribution in [0, 0.1) is 0 Å². The fourth-order valence-electron chi connectivity index (χ4n) is 3.55. The zero-order chi connectivity index (χ0) is 19.9. The van der Waals surface area contributed by atoms with Crippen LogP contribution in [0.5, 0.6) is 0 Å². The Bertz CT molecular complexity index is 797. The van der Waals surface area contributed by atoms with E-state index in [1.807, 2.05) is 54.0 Å². The first kappa shape index (κ1) is 20.1. The molecule has 0 spiro atoms. The number of nitrogens with zero attached hydrogens (tertiary/aromatic N) is 3. The Labute approximate surface area is 167 Å². The molecule has 1 aliphatic rings. The molecule has 0 atom stereocenters. The molecule has 1 aromatic carbocycles. The van der Waals surface area contributed by atoms with E-state index in [2.05, 4.69) is 4.98 Å². The molecule has 2 heterocycles. The Morgan fingerprint density at radius 3 is 2.36 bits per heavy atom. The number of hydrogen-bond donors (Lipinski definition) is 0. The Hall–Kier alpha value is -2.69. The summed E-state index contributed by atoms with van der Waals surface area (Å²) in [6, 6.07) is 13.3. The molecule has 0 N–H and O–H groups in total. The fraction of sp³-hybridized carbons (Fsp3) is 0.435. The quantitative estimate of drug-likeness (QED) is 0.784. The number of benzene rings is 1. The van der Waals surface area contributed by atoms with Crippen LogP contribution < -0.4 is 0 Å². The zero-order valence-electron chi connectivity index (χ0n) is 16.8. The maximum Gasteiger partial charge on any atom is 0.272 e. The maximum atomic E-state index is 13.2. The summed E-state index contributed by atoms with van der Waals surface area (Å²) in [6.07, 6.45) is 5.96. The first-order chi connectivity index (χ1) is 13.6. The van der Waals surface area contributed by atoms with Crippen LogP contribution in [0.4, 0.5) is 0 Å². The third-order valence-electron chi connectivity index (χ3n) is 5.20. The molecule has 1 aliphatic heterocycles. The number of hydrogen-bond acceptors (Lipinski definition) is 3. The van der Waals surface area contributed by atoms with Crippen molar-refractivity contribution in [2.75, 3.05) is 13.1 Å². The van der Waals surface area contributed by atoms with Crippen LogP contribution in [-0.4, -0.2) is 45.7 Å². The van der Waals surface area contributed by atoms with Crippen LogP contribution in [0.1, 0.15) is 65.9 Å². The SMILES string of the molecule is CC(C)N(Cc1ccccc1)C(=O)c1ccnc(C(=O)N2CCCCCC2)c1. The first-order valence-electron chi connectivity index (χ1n) is 10.2. The summed E-state index contributed by atoms with van der Waals surface area (Å²) < 4.78 is 0. The average molecular weight is 380 g/mol. The van der Waals surface area contributed by atoms with Gasteiger partial charge in [0, 0.05) is 37.4 Å². The molecule has 1 saturated heterocycles. The largest absolute Gasteiger partial charge is 0.337 e. The Morgan fingerprint density at radius 1 is 1.04 bits per heavy atom. The lowest BCUT2D eigenvalue weighted by Crippen LogP contribution is -2.37. The molecule has 3 rings (SSSR count). The van der Waals surface area contributed by atoms with E-state index in [0.717, 1.165) is 31.5 Å². The summed E-state index contributed by atoms with van der Waals surface area (Å²) in [5, 5.41) is 0. The van der Waals surface area contributed by atoms with Crippen molar-refractivity contribution in [2.45, 2.75) is 52.1 Å². The van der Waals surface area contributed by atoms with E-state index in [1.54, 1.807) is 18.3 Å². The van der Waals surface area contributed by atoms with Gasteiger partial charge in [0.05, 0.1) is 0 Å². The molecule has 5 heteroatoms. The van der Waals surface area contributed by atoms with Crippen molar-refractivity contribution in [1.82, 2.24) is 14.8 Å². The van der Waals surface area contributed by atoms with E-state index in [9.17, 15) is 9.59 Å². The lowest BCUT2D eigenvalue weighted by atomic mass is 10.1. The van der Waals surface area contributed by atoms with Gasteiger partial charge in [-0.25, -0.2) is 0 Å². The van der Waals surface area contributed by atoms with Crippen LogP contribution in [0.25, 0.3) is 0 Å². The van der Waals surface area contributed by atoms with E-state index in [4.69, 9.17) is 0 Å². The summed E-state index contributed by atoms with van der Waals surface area (Å²) in [6.45, 7) is 6.08. The van der Waals surface area contributed by atoms with Gasteiger partial charge in [0.25, 0.3) is 11.8 Å². The number of amides is 2. The lowest BCUT2D eigenvalue weighted by Gasteiger charge is -2.27. The van der Waals surface area contributed by atoms with Crippen molar-refractivity contribution >= 4 is 11.8 Å². The van der Waals surface area contributed by atoms with Gasteiger partial charge in [-0.1, -0.05) is 43.2 Å². The van der Waals surface area contributed by atoms with Gasteiger partial charge in [-0.05, 0) is 44.4 Å². The highest BCUT2D eigenvalue weighted by atomic mass is 16.2. The number of carbonyl (C=O) groups excluding carboxylic acids is 2. The standard InChI is InChI=1S/C23H29N3O2/c1-18(2)26(17-19-10-6-5-7-11-19)22(27)20-12-13-24-21(16-20)23(28)25-14-8-3-4-9-15-25/h5-7,10-13,16,18H,3-4,8-9,14-15,17H2,1-2H3. The van der Waals surface area contributed by atoms with Crippen molar-refractivity contribution in [3.05, 3.63) is 65.5 Å². The minimum Gasteiger partial charge on any atom is -0.337 e. The van der Waals surface area contributed by atoms with Gasteiger partial charge in [0.2, 0.25) is 0 Å². The van der Waals surface area contributed by atoms with Gasteiger partial charge in [0.1, 0.15) is 5.69 Å². The van der Waals surface area contributed by atoms with E-state index in [-0.39, 0.29) is 17.9 Å². The predicted octanol–water partition coefficient (Wildman–Crippen LogP) is 4.15. The van der Waals surface area contributed by atoms with Gasteiger partial charge in [-0.3, -0.25) is 14.6 Å². The lowest BCUT2D eigenvalue weighted by molar-refractivity contribution is 0.0690. The second kappa shape index (κ2) is 9.49. The Balaban J connectivity index is 1.79. The van der Waals surface area contributed by atoms with Gasteiger partial charge >= 0.3 is 0 Å². The summed E-state index contributed by atoms with van der Waals surface area (Å²) in [4.78, 5) is 34.0. The molecule has 0 unspecified atom stereocenters. The summed E-state index contributed by atoms with van der Waals surface area (Å²) in [5.74, 6) is -0.151. The molecule has 28 heavy (non-hydrogen) atoms. The van der Waals surface area contributed by atoms with Crippen molar-refractivity contribution in [3.63, 3.8) is 0 Å². The van der Waals surface area contributed by atoms with Gasteiger partial charge in [0.15, 0.2) is 0 Å². The summed E-state index contributed by atoms with van der Waals surface area (Å²) in [5.41, 5.74) is 1.95. The highest BCUT2D eigenvalue weighted by molar-refractivity contribution is 5.98. The van der Waals surface area contributed by atoms with Crippen molar-refractivity contribution in [3.8, 4) is 0 Å². The van der Waals surface area contributed by atoms with Gasteiger partial charge in [-0.15, -0.1) is 0 Å². The minimum atomic E-state index is -0.0776. The smallest absolute Gasteiger partial charge is 0.272 e. The highest BCUT2D eigenvalue weighted by Gasteiger charge is 2.23. The predicted molar refractivity (Wildman–Crippen MR) is 110 cm³/mol. The third kappa shape index (κ3) is 4.97. The molecule has 5 nitrogen and oxygen atoms in total. The van der Waals surface area contributed by atoms with E-state index in [1.165, 1.54) is 12.8 Å². The number of pyridine rings is 1. The van der Waals surface area contributed by atoms with Crippen molar-refractivity contribution < 1.29 is 9.59 Å². The van der Waals surface area contributed by atoms with Crippen LogP contribution in [-0.2, 0) is 6.54 Å². The van der Waals surface area contributed by atoms with E-state index < -0.39 is 0 Å². The molecule has 1 fully saturated rings. The topological polar surface area (TPSA) is 53.5 Å². The Morgan fingerprint density at radius 2 is 1.71 bits per heavy atom. The molecular weight excluding hydrogens is 350 g/mol. The van der Waals surface area contributed by atoms with Crippen molar-refractivity contribution in [2.24, 2.45) is 0 Å². The van der Waals surface area contributed by atoms with Gasteiger partial charge in [-0.2, -0.15) is 0 Å². The minimum absolute atomic E-state index is 0.0469. The molecule has 2 amide bonds. The van der Waals surface area contributed by atoms with E-state index in [0.29, 0.717) is 17.8 Å². The van der Waals surface area contributed by atoms with Gasteiger partial charge < -0.3 is 9.80 Å². The summed E-state index contributed by atoms with van der Waals surface area (Å²) in [7, 11) is 0. The van der Waals surface area contributed by atoms with Crippen LogP contribution in [0.2, 0.25) is 0 Å². The second-order valence-corrected chi connectivity index (χ2v) is 7.65. The molecule has 0 radical (unpaired) electrons. The normalized spacial score (nSPS) is 14.6. The molecular formula is C23H29N3O2. The monoisotopic (exact) mass is 379 g/mol. The molecule has 148 valence electrons. The van der Waals surface area contributed by atoms with Crippen LogP contribution in [0.15, 0.2) is 48.7 Å².